The van der Waals surface area contributed by atoms with Crippen LogP contribution in [0.15, 0.2) is 18.2 Å². The Bertz CT molecular complexity index is 355. The zero-order valence-electron chi connectivity index (χ0n) is 11.7. The van der Waals surface area contributed by atoms with E-state index < -0.39 is 0 Å². The molecule has 0 aliphatic carbocycles. The minimum Gasteiger partial charge on any atom is -0.497 e. The van der Waals surface area contributed by atoms with Gasteiger partial charge in [0.25, 0.3) is 0 Å². The molecule has 0 saturated heterocycles. The molecule has 1 rings (SSSR count). The van der Waals surface area contributed by atoms with Crippen molar-refractivity contribution in [3.05, 3.63) is 23.8 Å². The number of methoxy groups -OCH3 is 2. The van der Waals surface area contributed by atoms with E-state index in [1.807, 2.05) is 18.2 Å². The Kier molecular flexibility index (Phi) is 6.54. The Labute approximate surface area is 109 Å². The summed E-state index contributed by atoms with van der Waals surface area (Å²) < 4.78 is 15.7. The topological polar surface area (TPSA) is 39.7 Å². The molecule has 1 aromatic carbocycles. The Balaban J connectivity index is 2.86. The third-order valence-electron chi connectivity index (χ3n) is 2.72. The highest BCUT2D eigenvalue weighted by molar-refractivity contribution is 5.42. The largest absolute Gasteiger partial charge is 0.497 e. The molecule has 1 N–H and O–H groups in total. The van der Waals surface area contributed by atoms with Gasteiger partial charge in [-0.15, -0.1) is 0 Å². The van der Waals surface area contributed by atoms with Crippen LogP contribution in [0.1, 0.15) is 31.9 Å². The monoisotopic (exact) mass is 253 g/mol. The maximum atomic E-state index is 5.59. The molecule has 0 saturated carbocycles. The van der Waals surface area contributed by atoms with Crippen LogP contribution >= 0.6 is 0 Å². The molecule has 1 atom stereocenters. The Morgan fingerprint density at radius 2 is 2.06 bits per heavy atom. The van der Waals surface area contributed by atoms with Gasteiger partial charge in [-0.2, -0.15) is 0 Å². The smallest absolute Gasteiger partial charge is 0.188 e. The second kappa shape index (κ2) is 7.95. The van der Waals surface area contributed by atoms with Gasteiger partial charge in [0.15, 0.2) is 6.79 Å². The molecule has 0 bridgehead atoms. The molecule has 0 aliphatic heterocycles. The summed E-state index contributed by atoms with van der Waals surface area (Å²) in [6, 6.07) is 6.09. The zero-order chi connectivity index (χ0) is 13.4. The van der Waals surface area contributed by atoms with Crippen LogP contribution in [-0.4, -0.2) is 27.6 Å². The lowest BCUT2D eigenvalue weighted by molar-refractivity contribution is 0.0499. The van der Waals surface area contributed by atoms with Crippen molar-refractivity contribution in [1.29, 1.82) is 0 Å². The minimum atomic E-state index is 0.237. The lowest BCUT2D eigenvalue weighted by Gasteiger charge is -2.18. The molecule has 1 unspecified atom stereocenters. The van der Waals surface area contributed by atoms with E-state index in [4.69, 9.17) is 14.2 Å². The molecule has 1 aromatic rings. The van der Waals surface area contributed by atoms with Gasteiger partial charge in [-0.3, -0.25) is 0 Å². The lowest BCUT2D eigenvalue weighted by atomic mass is 10.1. The second-order valence-corrected chi connectivity index (χ2v) is 4.13. The van der Waals surface area contributed by atoms with Gasteiger partial charge in [0.05, 0.1) is 7.11 Å². The van der Waals surface area contributed by atoms with Gasteiger partial charge in [0.1, 0.15) is 11.5 Å². The summed E-state index contributed by atoms with van der Waals surface area (Å²) in [5.41, 5.74) is 1.11. The first-order valence-corrected chi connectivity index (χ1v) is 6.26. The van der Waals surface area contributed by atoms with Crippen molar-refractivity contribution >= 4 is 0 Å². The maximum absolute atomic E-state index is 5.59. The SMILES string of the molecule is CCCNC(C)c1ccc(OC)cc1OCOC. The molecule has 0 fully saturated rings. The van der Waals surface area contributed by atoms with Gasteiger partial charge in [0.2, 0.25) is 0 Å². The summed E-state index contributed by atoms with van der Waals surface area (Å²) in [4.78, 5) is 0. The van der Waals surface area contributed by atoms with Crippen LogP contribution in [-0.2, 0) is 4.74 Å². The van der Waals surface area contributed by atoms with Gasteiger partial charge < -0.3 is 19.5 Å². The van der Waals surface area contributed by atoms with Crippen molar-refractivity contribution in [2.75, 3.05) is 27.6 Å². The first-order chi connectivity index (χ1) is 8.72. The summed E-state index contributed by atoms with van der Waals surface area (Å²) in [6.07, 6.45) is 1.11. The summed E-state index contributed by atoms with van der Waals surface area (Å²) >= 11 is 0. The van der Waals surface area contributed by atoms with E-state index in [0.717, 1.165) is 30.0 Å². The Morgan fingerprint density at radius 3 is 2.67 bits per heavy atom. The van der Waals surface area contributed by atoms with Gasteiger partial charge in [0, 0.05) is 24.8 Å². The number of rotatable bonds is 8. The predicted octanol–water partition coefficient (Wildman–Crippen LogP) is 2.74. The summed E-state index contributed by atoms with van der Waals surface area (Å²) in [7, 11) is 3.26. The second-order valence-electron chi connectivity index (χ2n) is 4.13. The van der Waals surface area contributed by atoms with E-state index in [0.29, 0.717) is 0 Å². The molecule has 0 aromatic heterocycles. The molecule has 18 heavy (non-hydrogen) atoms. The molecule has 0 radical (unpaired) electrons. The molecule has 0 heterocycles. The lowest BCUT2D eigenvalue weighted by Crippen LogP contribution is -2.20. The maximum Gasteiger partial charge on any atom is 0.188 e. The number of hydrogen-bond donors (Lipinski definition) is 1. The van der Waals surface area contributed by atoms with Crippen molar-refractivity contribution in [2.45, 2.75) is 26.3 Å². The highest BCUT2D eigenvalue weighted by Gasteiger charge is 2.12. The van der Waals surface area contributed by atoms with E-state index in [-0.39, 0.29) is 12.8 Å². The number of ether oxygens (including phenoxy) is 3. The summed E-state index contributed by atoms with van der Waals surface area (Å²) in [5.74, 6) is 1.58. The van der Waals surface area contributed by atoms with Crippen molar-refractivity contribution in [2.24, 2.45) is 0 Å². The average molecular weight is 253 g/mol. The number of nitrogens with one attached hydrogen (secondary N) is 1. The van der Waals surface area contributed by atoms with E-state index >= 15 is 0 Å². The summed E-state index contributed by atoms with van der Waals surface area (Å²) in [6.45, 7) is 5.49. The normalized spacial score (nSPS) is 12.2. The quantitative estimate of drug-likeness (QED) is 0.723. The van der Waals surface area contributed by atoms with Crippen LogP contribution in [0.3, 0.4) is 0 Å². The third kappa shape index (κ3) is 4.20. The van der Waals surface area contributed by atoms with Crippen LogP contribution in [0.25, 0.3) is 0 Å². The van der Waals surface area contributed by atoms with Crippen LogP contribution < -0.4 is 14.8 Å². The third-order valence-corrected chi connectivity index (χ3v) is 2.72. The van der Waals surface area contributed by atoms with Crippen molar-refractivity contribution in [1.82, 2.24) is 5.32 Å². The summed E-state index contributed by atoms with van der Waals surface area (Å²) in [5, 5.41) is 3.44. The molecular weight excluding hydrogens is 230 g/mol. The highest BCUT2D eigenvalue weighted by atomic mass is 16.7. The predicted molar refractivity (Wildman–Crippen MR) is 72.2 cm³/mol. The van der Waals surface area contributed by atoms with Crippen LogP contribution in [0.4, 0.5) is 0 Å². The molecule has 0 spiro atoms. The fraction of sp³-hybridized carbons (Fsp3) is 0.571. The Hall–Kier alpha value is -1.26. The zero-order valence-corrected chi connectivity index (χ0v) is 11.7. The minimum absolute atomic E-state index is 0.237. The van der Waals surface area contributed by atoms with Gasteiger partial charge in [-0.25, -0.2) is 0 Å². The first-order valence-electron chi connectivity index (χ1n) is 6.26. The molecule has 4 nitrogen and oxygen atoms in total. The highest BCUT2D eigenvalue weighted by Crippen LogP contribution is 2.29. The van der Waals surface area contributed by atoms with Crippen molar-refractivity contribution < 1.29 is 14.2 Å². The average Bonchev–Trinajstić information content (AvgIpc) is 2.42. The van der Waals surface area contributed by atoms with Crippen molar-refractivity contribution in [3.8, 4) is 11.5 Å². The molecule has 0 aliphatic rings. The van der Waals surface area contributed by atoms with Crippen LogP contribution in [0, 0.1) is 0 Å². The number of hydrogen-bond acceptors (Lipinski definition) is 4. The van der Waals surface area contributed by atoms with Crippen LogP contribution in [0.2, 0.25) is 0 Å². The fourth-order valence-electron chi connectivity index (χ4n) is 1.72. The van der Waals surface area contributed by atoms with Gasteiger partial charge in [-0.05, 0) is 26.0 Å². The molecule has 4 heteroatoms. The van der Waals surface area contributed by atoms with E-state index in [1.54, 1.807) is 14.2 Å². The molecule has 0 amide bonds. The first kappa shape index (κ1) is 14.8. The molecular formula is C14H23NO3. The molecule has 102 valence electrons. The standard InChI is InChI=1S/C14H23NO3/c1-5-8-15-11(2)13-7-6-12(17-4)9-14(13)18-10-16-3/h6-7,9,11,15H,5,8,10H2,1-4H3. The van der Waals surface area contributed by atoms with E-state index in [9.17, 15) is 0 Å². The number of benzene rings is 1. The fourth-order valence-corrected chi connectivity index (χ4v) is 1.72. The van der Waals surface area contributed by atoms with Gasteiger partial charge >= 0.3 is 0 Å². The van der Waals surface area contributed by atoms with Crippen molar-refractivity contribution in [3.63, 3.8) is 0 Å². The Morgan fingerprint density at radius 1 is 1.28 bits per heavy atom. The van der Waals surface area contributed by atoms with Gasteiger partial charge in [-0.1, -0.05) is 13.0 Å². The van der Waals surface area contributed by atoms with E-state index in [2.05, 4.69) is 19.2 Å². The van der Waals surface area contributed by atoms with Crippen LogP contribution in [0.5, 0.6) is 11.5 Å². The van der Waals surface area contributed by atoms with E-state index in [1.165, 1.54) is 0 Å².